The van der Waals surface area contributed by atoms with Gasteiger partial charge < -0.3 is 0 Å². The molecule has 0 spiro atoms. The zero-order valence-electron chi connectivity index (χ0n) is 23.0. The van der Waals surface area contributed by atoms with Crippen molar-refractivity contribution in [3.05, 3.63) is 76.9 Å². The minimum atomic E-state index is -4.17. The van der Waals surface area contributed by atoms with Gasteiger partial charge in [-0.05, 0) is 86.8 Å². The van der Waals surface area contributed by atoms with E-state index in [2.05, 4.69) is 47.5 Å². The lowest BCUT2D eigenvalue weighted by Crippen LogP contribution is -2.21. The number of aryl methyl sites for hydroxylation is 1. The Labute approximate surface area is 241 Å². The summed E-state index contributed by atoms with van der Waals surface area (Å²) in [6.45, 7) is 4.25. The summed E-state index contributed by atoms with van der Waals surface area (Å²) >= 11 is 1.05. The van der Waals surface area contributed by atoms with Gasteiger partial charge in [-0.15, -0.1) is 4.33 Å². The highest BCUT2D eigenvalue weighted by atomic mass is 32.2. The number of hydrogen-bond donors (Lipinski definition) is 2. The average molecular weight is 591 g/mol. The maximum absolute atomic E-state index is 11.3. The first-order valence-electron chi connectivity index (χ1n) is 13.4. The van der Waals surface area contributed by atoms with E-state index >= 15 is 0 Å². The minimum absolute atomic E-state index is 0.00766. The molecule has 0 amide bonds. The van der Waals surface area contributed by atoms with E-state index < -0.39 is 10.1 Å². The highest BCUT2D eigenvalue weighted by Crippen LogP contribution is 2.35. The third-order valence-corrected chi connectivity index (χ3v) is 9.16. The largest absolute Gasteiger partial charge is 0.294 e. The van der Waals surface area contributed by atoms with E-state index in [4.69, 9.17) is 5.26 Å². The van der Waals surface area contributed by atoms with Crippen molar-refractivity contribution in [3.8, 4) is 0 Å². The molecular weight excluding hydrogens is 552 g/mol. The summed E-state index contributed by atoms with van der Waals surface area (Å²) < 4.78 is 36.1. The van der Waals surface area contributed by atoms with Crippen LogP contribution in [0.5, 0.6) is 0 Å². The van der Waals surface area contributed by atoms with Crippen LogP contribution in [-0.4, -0.2) is 35.4 Å². The van der Waals surface area contributed by atoms with Gasteiger partial charge in [0.15, 0.2) is 0 Å². The van der Waals surface area contributed by atoms with Crippen LogP contribution in [0.3, 0.4) is 0 Å². The molecule has 2 aliphatic rings. The molecule has 2 unspecified atom stereocenters. The maximum atomic E-state index is 11.3. The highest BCUT2D eigenvalue weighted by Gasteiger charge is 2.26. The van der Waals surface area contributed by atoms with Gasteiger partial charge in [0.25, 0.3) is 10.1 Å². The lowest BCUT2D eigenvalue weighted by molar-refractivity contribution is -0.432. The summed E-state index contributed by atoms with van der Waals surface area (Å²) in [5.74, 6) is 4.68. The molecule has 2 atom stereocenters. The number of benzene rings is 2. The average Bonchev–Trinajstić information content (AvgIpc) is 2.98. The third-order valence-electron chi connectivity index (χ3n) is 7.18. The molecular formula is C30H38O8S2. The number of allylic oxidation sites excluding steroid dienone is 2. The predicted octanol–water partition coefficient (Wildman–Crippen LogP) is 6.68. The van der Waals surface area contributed by atoms with Gasteiger partial charge in [-0.25, -0.2) is 14.8 Å². The lowest BCUT2D eigenvalue weighted by atomic mass is 9.83. The zero-order valence-corrected chi connectivity index (χ0v) is 24.6. The molecule has 2 fully saturated rings. The molecule has 218 valence electrons. The topological polar surface area (TPSA) is 127 Å². The maximum Gasteiger partial charge on any atom is 0.294 e. The first-order valence-corrected chi connectivity index (χ1v) is 15.6. The first kappa shape index (κ1) is 33.7. The van der Waals surface area contributed by atoms with Crippen molar-refractivity contribution in [2.75, 3.05) is 0 Å². The monoisotopic (exact) mass is 590 g/mol. The molecule has 2 saturated carbocycles. The van der Waals surface area contributed by atoms with E-state index in [-0.39, 0.29) is 10.1 Å². The summed E-state index contributed by atoms with van der Waals surface area (Å²) in [5.41, 5.74) is 3.66. The predicted molar refractivity (Wildman–Crippen MR) is 155 cm³/mol. The molecule has 2 aromatic rings. The molecule has 40 heavy (non-hydrogen) atoms. The van der Waals surface area contributed by atoms with Crippen LogP contribution in [0.25, 0.3) is 0 Å². The van der Waals surface area contributed by atoms with E-state index in [0.717, 1.165) is 68.1 Å². The zero-order chi connectivity index (χ0) is 29.4. The molecule has 10 heteroatoms. The fraction of sp³-hybridized carbons (Fsp3) is 0.467. The van der Waals surface area contributed by atoms with Gasteiger partial charge in [0, 0.05) is 28.4 Å². The Morgan fingerprint density at radius 2 is 1.52 bits per heavy atom. The molecule has 0 bridgehead atoms. The molecule has 0 aliphatic heterocycles. The lowest BCUT2D eigenvalue weighted by Gasteiger charge is -2.26. The second kappa shape index (κ2) is 18.0. The summed E-state index contributed by atoms with van der Waals surface area (Å²) in [6, 6.07) is 17.0. The quantitative estimate of drug-likeness (QED) is 0.119. The normalized spacial score (nSPS) is 20.6. The van der Waals surface area contributed by atoms with Gasteiger partial charge in [-0.2, -0.15) is 8.42 Å². The van der Waals surface area contributed by atoms with E-state index in [1.54, 1.807) is 18.2 Å². The van der Waals surface area contributed by atoms with E-state index in [9.17, 15) is 22.6 Å². The van der Waals surface area contributed by atoms with Crippen LogP contribution in [0.15, 0.2) is 70.6 Å². The third kappa shape index (κ3) is 11.9. The Bertz CT molecular complexity index is 1240. The fourth-order valence-corrected chi connectivity index (χ4v) is 6.17. The van der Waals surface area contributed by atoms with E-state index in [1.807, 2.05) is 17.9 Å². The SMILES string of the molecule is CC1CCC(=C=O)CC1SOOO.CCc1ccccc1.O=C=C1CCC(Cc2ccccc2S(=O)(=O)O)CC1. The molecule has 0 radical (unpaired) electrons. The van der Waals surface area contributed by atoms with Gasteiger partial charge in [0.05, 0.1) is 4.90 Å². The van der Waals surface area contributed by atoms with Crippen LogP contribution in [0.4, 0.5) is 0 Å². The first-order chi connectivity index (χ1) is 19.2. The molecule has 0 aromatic heterocycles. The molecule has 2 aliphatic carbocycles. The number of hydrogen-bond acceptors (Lipinski definition) is 8. The summed E-state index contributed by atoms with van der Waals surface area (Å²) in [4.78, 5) is 20.9. The Morgan fingerprint density at radius 1 is 0.925 bits per heavy atom. The summed E-state index contributed by atoms with van der Waals surface area (Å²) in [6.07, 6.45) is 7.40. The van der Waals surface area contributed by atoms with Gasteiger partial charge in [0.1, 0.15) is 11.9 Å². The van der Waals surface area contributed by atoms with E-state index in [0.29, 0.717) is 30.2 Å². The molecule has 2 N–H and O–H groups in total. The van der Waals surface area contributed by atoms with Gasteiger partial charge in [-0.1, -0.05) is 67.4 Å². The van der Waals surface area contributed by atoms with Crippen LogP contribution in [-0.2, 0) is 41.9 Å². The van der Waals surface area contributed by atoms with Crippen molar-refractivity contribution in [1.29, 1.82) is 0 Å². The molecule has 2 aromatic carbocycles. The van der Waals surface area contributed by atoms with Crippen LogP contribution in [0, 0.1) is 11.8 Å². The second-order valence-electron chi connectivity index (χ2n) is 9.98. The van der Waals surface area contributed by atoms with Crippen LogP contribution in [0.2, 0.25) is 0 Å². The Kier molecular flexibility index (Phi) is 15.2. The van der Waals surface area contributed by atoms with Crippen LogP contribution < -0.4 is 0 Å². The standard InChI is InChI=1S/C14H16O4S.C8H12O4S.C8H10/c15-10-12-7-5-11(6-8-12)9-13-3-1-2-4-14(13)19(16,17)18;1-6-2-3-7(5-9)4-8(6)13-12-11-10;1-2-8-6-4-3-5-7-8/h1-4,11H,5-9H2,(H,16,17,18);6,8,10H,2-4H2,1H3;3-7H,2H2,1H3. The summed E-state index contributed by atoms with van der Waals surface area (Å²) in [5, 5.41) is 11.7. The van der Waals surface area contributed by atoms with Gasteiger partial charge in [-0.3, -0.25) is 4.55 Å². The minimum Gasteiger partial charge on any atom is -0.282 e. The molecule has 4 rings (SSSR count). The van der Waals surface area contributed by atoms with Crippen molar-refractivity contribution in [2.24, 2.45) is 11.8 Å². The second-order valence-corrected chi connectivity index (χ2v) is 12.3. The van der Waals surface area contributed by atoms with Gasteiger partial charge in [0.2, 0.25) is 0 Å². The van der Waals surface area contributed by atoms with Gasteiger partial charge >= 0.3 is 0 Å². The molecule has 0 heterocycles. The van der Waals surface area contributed by atoms with E-state index in [1.165, 1.54) is 11.6 Å². The Hall–Kier alpha value is -2.52. The fourth-order valence-electron chi connectivity index (χ4n) is 4.70. The van der Waals surface area contributed by atoms with Crippen molar-refractivity contribution in [1.82, 2.24) is 0 Å². The Morgan fingerprint density at radius 3 is 2.08 bits per heavy atom. The van der Waals surface area contributed by atoms with Crippen molar-refractivity contribution < 1.29 is 37.2 Å². The smallest absolute Gasteiger partial charge is 0.282 e. The van der Waals surface area contributed by atoms with Crippen molar-refractivity contribution in [2.45, 2.75) is 81.8 Å². The number of carbonyl (C=O) groups excluding carboxylic acids is 2. The molecule has 0 saturated heterocycles. The van der Waals surface area contributed by atoms with Crippen LogP contribution >= 0.6 is 12.0 Å². The number of rotatable bonds is 7. The summed E-state index contributed by atoms with van der Waals surface area (Å²) in [7, 11) is -4.17. The highest BCUT2D eigenvalue weighted by molar-refractivity contribution is 7.95. The van der Waals surface area contributed by atoms with Crippen molar-refractivity contribution in [3.63, 3.8) is 0 Å². The van der Waals surface area contributed by atoms with Crippen molar-refractivity contribution >= 4 is 34.0 Å². The Balaban J connectivity index is 0.000000230. The molecule has 8 nitrogen and oxygen atoms in total. The van der Waals surface area contributed by atoms with Crippen LogP contribution in [0.1, 0.15) is 69.9 Å².